The molecule has 0 bridgehead atoms. The Kier molecular flexibility index (Phi) is 8.54. The van der Waals surface area contributed by atoms with Crippen molar-refractivity contribution in [1.29, 1.82) is 0 Å². The third kappa shape index (κ3) is 9.35. The zero-order valence-corrected chi connectivity index (χ0v) is 15.4. The molecule has 0 aliphatic carbocycles. The lowest BCUT2D eigenvalue weighted by Gasteiger charge is -2.28. The van der Waals surface area contributed by atoms with Crippen molar-refractivity contribution >= 4 is 5.97 Å². The number of hydrogen-bond donors (Lipinski definition) is 0. The van der Waals surface area contributed by atoms with Gasteiger partial charge in [0, 0.05) is 0 Å². The highest BCUT2D eigenvalue weighted by Crippen LogP contribution is 2.24. The second-order valence-electron chi connectivity index (χ2n) is 7.62. The number of rotatable bonds is 8. The van der Waals surface area contributed by atoms with Gasteiger partial charge in [0.2, 0.25) is 0 Å². The van der Waals surface area contributed by atoms with Gasteiger partial charge in [-0.15, -0.1) is 0 Å². The predicted octanol–water partition coefficient (Wildman–Crippen LogP) is 3.99. The van der Waals surface area contributed by atoms with E-state index in [-0.39, 0.29) is 11.8 Å². The summed E-state index contributed by atoms with van der Waals surface area (Å²) in [6, 6.07) is 0. The Morgan fingerprint density at radius 2 is 1.45 bits per heavy atom. The van der Waals surface area contributed by atoms with Crippen LogP contribution in [0.5, 0.6) is 0 Å². The number of carbonyl (C=O) groups excluding carboxylic acids is 1. The maximum absolute atomic E-state index is 12.2. The molecule has 0 fully saturated rings. The topological polar surface area (TPSA) is 63.2 Å². The lowest BCUT2D eigenvalue weighted by molar-refractivity contribution is -0.518. The Balaban J connectivity index is 4.72. The summed E-state index contributed by atoms with van der Waals surface area (Å²) in [6.45, 7) is 16.8. The molecule has 3 atom stereocenters. The molecule has 0 aromatic carbocycles. The van der Waals surface area contributed by atoms with Crippen molar-refractivity contribution in [3.63, 3.8) is 0 Å². The Hall–Kier alpha value is -0.690. The molecule has 0 heterocycles. The van der Waals surface area contributed by atoms with Crippen LogP contribution >= 0.6 is 0 Å². The monoisotopic (exact) mass is 320 g/mol. The average Bonchev–Trinajstić information content (AvgIpc) is 2.34. The van der Waals surface area contributed by atoms with Gasteiger partial charge in [-0.25, -0.2) is 14.6 Å². The molecule has 0 radical (unpaired) electrons. The maximum atomic E-state index is 12.2. The second kappa shape index (κ2) is 8.82. The fourth-order valence-corrected chi connectivity index (χ4v) is 1.41. The van der Waals surface area contributed by atoms with Gasteiger partial charge in [-0.2, -0.15) is 4.89 Å². The van der Waals surface area contributed by atoms with Gasteiger partial charge in [0.25, 0.3) is 0 Å². The van der Waals surface area contributed by atoms with Crippen LogP contribution in [0.3, 0.4) is 0 Å². The van der Waals surface area contributed by atoms with Gasteiger partial charge in [0.05, 0.1) is 11.2 Å². The van der Waals surface area contributed by atoms with E-state index in [1.54, 1.807) is 20.8 Å². The van der Waals surface area contributed by atoms with E-state index in [0.717, 1.165) is 6.42 Å². The number of hydrogen-bond acceptors (Lipinski definition) is 6. The van der Waals surface area contributed by atoms with Gasteiger partial charge < -0.3 is 0 Å². The van der Waals surface area contributed by atoms with Crippen molar-refractivity contribution < 1.29 is 29.4 Å². The molecule has 132 valence electrons. The van der Waals surface area contributed by atoms with Crippen molar-refractivity contribution in [3.05, 3.63) is 0 Å². The highest BCUT2D eigenvalue weighted by Gasteiger charge is 2.34. The second-order valence-corrected chi connectivity index (χ2v) is 7.62. The smallest absolute Gasteiger partial charge is 0.266 e. The summed E-state index contributed by atoms with van der Waals surface area (Å²) < 4.78 is 0. The van der Waals surface area contributed by atoms with Gasteiger partial charge in [-0.05, 0) is 58.4 Å². The van der Waals surface area contributed by atoms with Crippen LogP contribution < -0.4 is 0 Å². The minimum absolute atomic E-state index is 0.0990. The van der Waals surface area contributed by atoms with Crippen molar-refractivity contribution in [2.24, 2.45) is 11.8 Å². The fraction of sp³-hybridized carbons (Fsp3) is 0.938. The molecule has 3 unspecified atom stereocenters. The molecule has 6 nitrogen and oxygen atoms in total. The first-order chi connectivity index (χ1) is 9.87. The predicted molar refractivity (Wildman–Crippen MR) is 82.3 cm³/mol. The molecule has 0 saturated carbocycles. The van der Waals surface area contributed by atoms with E-state index in [4.69, 9.17) is 19.6 Å². The highest BCUT2D eigenvalue weighted by molar-refractivity contribution is 5.74. The van der Waals surface area contributed by atoms with Crippen molar-refractivity contribution in [2.45, 2.75) is 86.0 Å². The molecular weight excluding hydrogens is 288 g/mol. The summed E-state index contributed by atoms with van der Waals surface area (Å²) in [6.07, 6.45) is 0.0149. The standard InChI is InChI=1S/C16H32O6/c1-10-11(2)12(3)13(18-20-15(4,5)6)14(17)19-22-21-16(7,8)9/h11-13H,10H2,1-9H3. The minimum Gasteiger partial charge on any atom is -0.266 e. The van der Waals surface area contributed by atoms with Gasteiger partial charge in [0.15, 0.2) is 6.10 Å². The van der Waals surface area contributed by atoms with Crippen LogP contribution in [0.1, 0.15) is 68.7 Å². The van der Waals surface area contributed by atoms with E-state index in [0.29, 0.717) is 0 Å². The summed E-state index contributed by atoms with van der Waals surface area (Å²) in [5.41, 5.74) is -1.11. The Bertz CT molecular complexity index is 329. The van der Waals surface area contributed by atoms with Crippen LogP contribution in [0.4, 0.5) is 0 Å². The van der Waals surface area contributed by atoms with Crippen LogP contribution in [-0.4, -0.2) is 23.3 Å². The average molecular weight is 320 g/mol. The first kappa shape index (κ1) is 21.3. The third-order valence-corrected chi connectivity index (χ3v) is 3.05. The van der Waals surface area contributed by atoms with Crippen LogP contribution in [0.2, 0.25) is 0 Å². The summed E-state index contributed by atoms with van der Waals surface area (Å²) in [4.78, 5) is 32.4. The normalized spacial score (nSPS) is 17.0. The van der Waals surface area contributed by atoms with Gasteiger partial charge in [0.1, 0.15) is 0 Å². The summed E-state index contributed by atoms with van der Waals surface area (Å²) >= 11 is 0. The third-order valence-electron chi connectivity index (χ3n) is 3.05. The molecule has 0 rings (SSSR count). The quantitative estimate of drug-likeness (QED) is 0.498. The van der Waals surface area contributed by atoms with Gasteiger partial charge in [-0.1, -0.05) is 27.2 Å². The Morgan fingerprint density at radius 3 is 1.86 bits per heavy atom. The van der Waals surface area contributed by atoms with Gasteiger partial charge >= 0.3 is 5.97 Å². The zero-order chi connectivity index (χ0) is 17.6. The lowest BCUT2D eigenvalue weighted by atomic mass is 9.89. The Labute approximate surface area is 134 Å². The molecule has 22 heavy (non-hydrogen) atoms. The molecular formula is C16H32O6. The molecule has 0 saturated heterocycles. The zero-order valence-electron chi connectivity index (χ0n) is 15.4. The molecule has 0 aromatic heterocycles. The van der Waals surface area contributed by atoms with E-state index in [9.17, 15) is 4.79 Å². The van der Waals surface area contributed by atoms with Crippen LogP contribution in [0.25, 0.3) is 0 Å². The largest absolute Gasteiger partial charge is 0.377 e. The van der Waals surface area contributed by atoms with Crippen molar-refractivity contribution in [2.75, 3.05) is 0 Å². The minimum atomic E-state index is -0.891. The molecule has 0 aliphatic rings. The maximum Gasteiger partial charge on any atom is 0.377 e. The molecule has 6 heteroatoms. The van der Waals surface area contributed by atoms with Crippen molar-refractivity contribution in [3.8, 4) is 0 Å². The summed E-state index contributed by atoms with van der Waals surface area (Å²) in [5, 5.41) is 4.55. The Morgan fingerprint density at radius 1 is 0.955 bits per heavy atom. The van der Waals surface area contributed by atoms with Crippen molar-refractivity contribution in [1.82, 2.24) is 0 Å². The van der Waals surface area contributed by atoms with Crippen LogP contribution in [0, 0.1) is 11.8 Å². The van der Waals surface area contributed by atoms with E-state index < -0.39 is 23.3 Å². The van der Waals surface area contributed by atoms with E-state index >= 15 is 0 Å². The number of carbonyl (C=O) groups is 1. The van der Waals surface area contributed by atoms with E-state index in [1.165, 1.54) is 0 Å². The lowest BCUT2D eigenvalue weighted by Crippen LogP contribution is -2.38. The highest BCUT2D eigenvalue weighted by atomic mass is 17.5. The van der Waals surface area contributed by atoms with Crippen LogP contribution in [0.15, 0.2) is 0 Å². The van der Waals surface area contributed by atoms with Gasteiger partial charge in [-0.3, -0.25) is 4.89 Å². The molecule has 0 aliphatic heterocycles. The summed E-state index contributed by atoms with van der Waals surface area (Å²) in [5.74, 6) is -0.524. The molecule has 0 aromatic rings. The van der Waals surface area contributed by atoms with Crippen LogP contribution in [-0.2, 0) is 29.4 Å². The summed E-state index contributed by atoms with van der Waals surface area (Å²) in [7, 11) is 0. The first-order valence-electron chi connectivity index (χ1n) is 7.78. The fourth-order valence-electron chi connectivity index (χ4n) is 1.41. The molecule has 0 spiro atoms. The first-order valence-corrected chi connectivity index (χ1v) is 7.78. The van der Waals surface area contributed by atoms with E-state index in [2.05, 4.69) is 5.04 Å². The molecule has 0 amide bonds. The SMILES string of the molecule is CCC(C)C(C)C(OOC(C)(C)C)C(=O)OOOC(C)(C)C. The van der Waals surface area contributed by atoms with E-state index in [1.807, 2.05) is 41.5 Å². The molecule has 0 N–H and O–H groups in total.